The Kier molecular flexibility index (Phi) is 18.4. The fraction of sp³-hybridized carbons (Fsp3) is 1.00. The van der Waals surface area contributed by atoms with Crippen molar-refractivity contribution in [2.24, 2.45) is 5.92 Å². The monoisotopic (exact) mass is 400 g/mol. The number of rotatable bonds is 19. The molecular formula is C24H48O2S. The number of hydrogen-bond acceptors (Lipinski definition) is 3. The topological polar surface area (TPSA) is 29.5 Å². The van der Waals surface area contributed by atoms with Crippen LogP contribution in [-0.4, -0.2) is 35.9 Å². The molecule has 0 heterocycles. The summed E-state index contributed by atoms with van der Waals surface area (Å²) in [6.07, 6.45) is 23.7. The molecule has 0 aromatic rings. The van der Waals surface area contributed by atoms with E-state index < -0.39 is 0 Å². The highest BCUT2D eigenvalue weighted by molar-refractivity contribution is 7.99. The van der Waals surface area contributed by atoms with Gasteiger partial charge in [0.1, 0.15) is 0 Å². The van der Waals surface area contributed by atoms with Crippen molar-refractivity contribution in [1.29, 1.82) is 0 Å². The maximum Gasteiger partial charge on any atom is 0.0895 e. The van der Waals surface area contributed by atoms with Crippen molar-refractivity contribution < 1.29 is 9.84 Å². The molecule has 27 heavy (non-hydrogen) atoms. The van der Waals surface area contributed by atoms with Gasteiger partial charge in [-0.1, -0.05) is 103 Å². The quantitative estimate of drug-likeness (QED) is 0.229. The smallest absolute Gasteiger partial charge is 0.0895 e. The fourth-order valence-corrected chi connectivity index (χ4v) is 5.18. The highest BCUT2D eigenvalue weighted by Crippen LogP contribution is 2.28. The Morgan fingerprint density at radius 1 is 0.852 bits per heavy atom. The van der Waals surface area contributed by atoms with Gasteiger partial charge in [0.2, 0.25) is 0 Å². The van der Waals surface area contributed by atoms with Gasteiger partial charge in [0.05, 0.1) is 12.7 Å². The summed E-state index contributed by atoms with van der Waals surface area (Å²) in [4.78, 5) is 0. The Hall–Kier alpha value is 0.270. The molecular weight excluding hydrogens is 352 g/mol. The average Bonchev–Trinajstić information content (AvgIpc) is 2.71. The number of aliphatic hydroxyl groups excluding tert-OH is 1. The normalized spacial score (nSPS) is 16.7. The summed E-state index contributed by atoms with van der Waals surface area (Å²) >= 11 is 1.97. The largest absolute Gasteiger partial charge is 0.394 e. The summed E-state index contributed by atoms with van der Waals surface area (Å²) in [5, 5.41) is 9.50. The van der Waals surface area contributed by atoms with Gasteiger partial charge in [-0.2, -0.15) is 11.8 Å². The van der Waals surface area contributed by atoms with E-state index in [4.69, 9.17) is 4.74 Å². The molecule has 1 saturated carbocycles. The van der Waals surface area contributed by atoms with Gasteiger partial charge in [-0.05, 0) is 24.5 Å². The molecule has 0 radical (unpaired) electrons. The van der Waals surface area contributed by atoms with Crippen molar-refractivity contribution in [3.05, 3.63) is 0 Å². The maximum absolute atomic E-state index is 9.50. The van der Waals surface area contributed by atoms with Gasteiger partial charge < -0.3 is 9.84 Å². The SMILES string of the molecule is CCCCCCCCCCOC(CO)CSCCCCCC1CCCCC1. The highest BCUT2D eigenvalue weighted by Gasteiger charge is 2.12. The predicted molar refractivity (Wildman–Crippen MR) is 122 cm³/mol. The van der Waals surface area contributed by atoms with Crippen LogP contribution in [0.25, 0.3) is 0 Å². The van der Waals surface area contributed by atoms with Gasteiger partial charge in [-0.25, -0.2) is 0 Å². The molecule has 0 amide bonds. The molecule has 1 aliphatic carbocycles. The summed E-state index contributed by atoms with van der Waals surface area (Å²) in [7, 11) is 0. The molecule has 0 aromatic heterocycles. The van der Waals surface area contributed by atoms with E-state index in [1.807, 2.05) is 11.8 Å². The van der Waals surface area contributed by atoms with Crippen LogP contribution in [-0.2, 0) is 4.74 Å². The third-order valence-electron chi connectivity index (χ3n) is 5.98. The van der Waals surface area contributed by atoms with Gasteiger partial charge in [0, 0.05) is 12.4 Å². The first kappa shape index (κ1) is 25.3. The Morgan fingerprint density at radius 2 is 1.52 bits per heavy atom. The van der Waals surface area contributed by atoms with Crippen LogP contribution in [0.2, 0.25) is 0 Å². The maximum atomic E-state index is 9.50. The zero-order valence-electron chi connectivity index (χ0n) is 18.3. The number of thioether (sulfide) groups is 1. The molecule has 1 atom stereocenters. The number of hydrogen-bond donors (Lipinski definition) is 1. The summed E-state index contributed by atoms with van der Waals surface area (Å²) in [5.74, 6) is 3.22. The molecule has 3 heteroatoms. The third-order valence-corrected chi connectivity index (χ3v) is 7.17. The van der Waals surface area contributed by atoms with Crippen LogP contribution in [0, 0.1) is 5.92 Å². The summed E-state index contributed by atoms with van der Waals surface area (Å²) < 4.78 is 5.87. The second-order valence-electron chi connectivity index (χ2n) is 8.58. The lowest BCUT2D eigenvalue weighted by Crippen LogP contribution is -2.21. The molecule has 0 aromatic carbocycles. The van der Waals surface area contributed by atoms with Gasteiger partial charge >= 0.3 is 0 Å². The molecule has 0 spiro atoms. The number of unbranched alkanes of at least 4 members (excludes halogenated alkanes) is 9. The highest BCUT2D eigenvalue weighted by atomic mass is 32.2. The minimum Gasteiger partial charge on any atom is -0.394 e. The predicted octanol–water partition coefficient (Wildman–Crippen LogP) is 7.38. The van der Waals surface area contributed by atoms with Crippen molar-refractivity contribution in [1.82, 2.24) is 0 Å². The fourth-order valence-electron chi connectivity index (χ4n) is 4.14. The van der Waals surface area contributed by atoms with Gasteiger partial charge in [-0.3, -0.25) is 0 Å². The first-order valence-electron chi connectivity index (χ1n) is 12.2. The van der Waals surface area contributed by atoms with Crippen molar-refractivity contribution in [2.45, 2.75) is 122 Å². The lowest BCUT2D eigenvalue weighted by atomic mass is 9.86. The zero-order chi connectivity index (χ0) is 19.4. The summed E-state index contributed by atoms with van der Waals surface area (Å²) in [5.41, 5.74) is 0. The second kappa shape index (κ2) is 19.6. The van der Waals surface area contributed by atoms with E-state index in [-0.39, 0.29) is 12.7 Å². The zero-order valence-corrected chi connectivity index (χ0v) is 19.1. The van der Waals surface area contributed by atoms with Crippen LogP contribution in [0.3, 0.4) is 0 Å². The van der Waals surface area contributed by atoms with E-state index in [0.29, 0.717) is 0 Å². The molecule has 1 unspecified atom stereocenters. The average molecular weight is 401 g/mol. The van der Waals surface area contributed by atoms with Crippen molar-refractivity contribution in [3.8, 4) is 0 Å². The van der Waals surface area contributed by atoms with E-state index in [0.717, 1.165) is 24.7 Å². The van der Waals surface area contributed by atoms with E-state index in [9.17, 15) is 5.11 Å². The molecule has 1 aliphatic rings. The van der Waals surface area contributed by atoms with Gasteiger partial charge in [-0.15, -0.1) is 0 Å². The summed E-state index contributed by atoms with van der Waals surface area (Å²) in [6, 6.07) is 0. The Labute approximate surface area is 174 Å². The molecule has 0 aliphatic heterocycles. The second-order valence-corrected chi connectivity index (χ2v) is 9.73. The van der Waals surface area contributed by atoms with Crippen molar-refractivity contribution >= 4 is 11.8 Å². The molecule has 0 bridgehead atoms. The minimum absolute atomic E-state index is 0.0433. The van der Waals surface area contributed by atoms with Crippen LogP contribution < -0.4 is 0 Å². The lowest BCUT2D eigenvalue weighted by molar-refractivity contribution is 0.0260. The van der Waals surface area contributed by atoms with E-state index >= 15 is 0 Å². The molecule has 1 fully saturated rings. The standard InChI is InChI=1S/C24H48O2S/c1-2-3-4-5-6-7-8-14-19-26-24(21-25)22-27-20-15-10-13-18-23-16-11-9-12-17-23/h23-25H,2-22H2,1H3. The third kappa shape index (κ3) is 15.8. The van der Waals surface area contributed by atoms with Crippen molar-refractivity contribution in [3.63, 3.8) is 0 Å². The van der Waals surface area contributed by atoms with Crippen LogP contribution >= 0.6 is 11.8 Å². The first-order chi connectivity index (χ1) is 13.4. The van der Waals surface area contributed by atoms with Crippen LogP contribution in [0.15, 0.2) is 0 Å². The van der Waals surface area contributed by atoms with Crippen molar-refractivity contribution in [2.75, 3.05) is 24.7 Å². The molecule has 1 N–H and O–H groups in total. The summed E-state index contributed by atoms with van der Waals surface area (Å²) in [6.45, 7) is 3.26. The molecule has 0 saturated heterocycles. The Bertz CT molecular complexity index is 292. The first-order valence-corrected chi connectivity index (χ1v) is 13.3. The molecule has 162 valence electrons. The Morgan fingerprint density at radius 3 is 2.22 bits per heavy atom. The van der Waals surface area contributed by atoms with E-state index in [1.165, 1.54) is 108 Å². The van der Waals surface area contributed by atoms with Crippen LogP contribution in [0.4, 0.5) is 0 Å². The Balaban J connectivity index is 1.82. The lowest BCUT2D eigenvalue weighted by Gasteiger charge is -2.21. The van der Waals surface area contributed by atoms with Gasteiger partial charge in [0.15, 0.2) is 0 Å². The number of aliphatic hydroxyl groups is 1. The van der Waals surface area contributed by atoms with Gasteiger partial charge in [0.25, 0.3) is 0 Å². The molecule has 1 rings (SSSR count). The van der Waals surface area contributed by atoms with E-state index in [1.54, 1.807) is 0 Å². The molecule has 2 nitrogen and oxygen atoms in total. The minimum atomic E-state index is 0.0433. The number of ether oxygens (including phenoxy) is 1. The van der Waals surface area contributed by atoms with E-state index in [2.05, 4.69) is 6.92 Å². The van der Waals surface area contributed by atoms with Crippen LogP contribution in [0.5, 0.6) is 0 Å². The van der Waals surface area contributed by atoms with Crippen LogP contribution in [0.1, 0.15) is 116 Å².